The lowest BCUT2D eigenvalue weighted by Crippen LogP contribution is -2.06. The number of thioether (sulfide) groups is 1. The van der Waals surface area contributed by atoms with Crippen LogP contribution in [0.2, 0.25) is 0 Å². The van der Waals surface area contributed by atoms with Crippen LogP contribution in [0, 0.1) is 10.1 Å². The van der Waals surface area contributed by atoms with Gasteiger partial charge in [-0.2, -0.15) is 13.2 Å². The Balaban J connectivity index is 2.08. The number of aromatic nitrogens is 1. The molecule has 0 bridgehead atoms. The highest BCUT2D eigenvalue weighted by Gasteiger charge is 2.30. The third kappa shape index (κ3) is 4.52. The Labute approximate surface area is 132 Å². The molecule has 1 aromatic heterocycles. The molecule has 0 N–H and O–H groups in total. The summed E-state index contributed by atoms with van der Waals surface area (Å²) in [5.74, 6) is -0.604. The molecular formula is C14H9F3N2O3S. The molecule has 0 radical (unpaired) electrons. The molecule has 0 spiro atoms. The minimum Gasteiger partial charge on any atom is -0.293 e. The average molecular weight is 342 g/mol. The number of carbonyl (C=O) groups is 1. The maximum atomic E-state index is 12.6. The third-order valence-corrected chi connectivity index (χ3v) is 3.72. The maximum Gasteiger partial charge on any atom is 0.416 e. The number of alkyl halides is 3. The van der Waals surface area contributed by atoms with E-state index in [4.69, 9.17) is 0 Å². The third-order valence-electron chi connectivity index (χ3n) is 2.79. The Morgan fingerprint density at radius 2 is 2.00 bits per heavy atom. The number of benzene rings is 1. The van der Waals surface area contributed by atoms with Crippen LogP contribution in [0.1, 0.15) is 15.9 Å². The van der Waals surface area contributed by atoms with E-state index in [1.807, 2.05) is 0 Å². The molecule has 2 rings (SSSR count). The number of hydrogen-bond acceptors (Lipinski definition) is 5. The van der Waals surface area contributed by atoms with E-state index in [0.29, 0.717) is 0 Å². The molecule has 0 atom stereocenters. The zero-order valence-corrected chi connectivity index (χ0v) is 12.2. The van der Waals surface area contributed by atoms with Crippen LogP contribution in [0.3, 0.4) is 0 Å². The van der Waals surface area contributed by atoms with Gasteiger partial charge in [0, 0.05) is 23.9 Å². The smallest absolute Gasteiger partial charge is 0.293 e. The van der Waals surface area contributed by atoms with Crippen LogP contribution in [-0.4, -0.2) is 21.4 Å². The fourth-order valence-electron chi connectivity index (χ4n) is 1.68. The Bertz CT molecular complexity index is 750. The summed E-state index contributed by atoms with van der Waals surface area (Å²) in [6.07, 6.45) is -3.47. The van der Waals surface area contributed by atoms with E-state index in [0.717, 1.165) is 36.2 Å². The number of Topliss-reactive ketones (excluding diaryl/α,β-unsaturated/α-hetero) is 1. The van der Waals surface area contributed by atoms with E-state index in [1.165, 1.54) is 18.2 Å². The predicted octanol–water partition coefficient (Wildman–Crippen LogP) is 3.98. The van der Waals surface area contributed by atoms with Gasteiger partial charge in [-0.1, -0.05) is 23.9 Å². The van der Waals surface area contributed by atoms with Gasteiger partial charge in [-0.15, -0.1) is 0 Å². The van der Waals surface area contributed by atoms with E-state index in [2.05, 4.69) is 4.98 Å². The topological polar surface area (TPSA) is 73.1 Å². The fourth-order valence-corrected chi connectivity index (χ4v) is 2.47. The van der Waals surface area contributed by atoms with Gasteiger partial charge in [-0.3, -0.25) is 14.9 Å². The molecule has 5 nitrogen and oxygen atoms in total. The number of halogens is 3. The van der Waals surface area contributed by atoms with E-state index in [1.54, 1.807) is 0 Å². The van der Waals surface area contributed by atoms with Crippen molar-refractivity contribution >= 4 is 23.2 Å². The lowest BCUT2D eigenvalue weighted by Gasteiger charge is -2.07. The summed E-state index contributed by atoms with van der Waals surface area (Å²) in [5.41, 5.74) is -0.950. The van der Waals surface area contributed by atoms with Crippen molar-refractivity contribution in [1.82, 2.24) is 4.98 Å². The second kappa shape index (κ2) is 6.78. The first kappa shape index (κ1) is 16.9. The molecule has 0 saturated heterocycles. The summed E-state index contributed by atoms with van der Waals surface area (Å²) in [4.78, 5) is 25.8. The van der Waals surface area contributed by atoms with E-state index < -0.39 is 22.4 Å². The molecule has 2 aromatic rings. The number of carbonyl (C=O) groups excluding carboxylic acids is 1. The van der Waals surface area contributed by atoms with Crippen LogP contribution >= 0.6 is 11.8 Å². The summed E-state index contributed by atoms with van der Waals surface area (Å²) < 4.78 is 37.8. The molecule has 0 unspecified atom stereocenters. The van der Waals surface area contributed by atoms with Crippen LogP contribution in [0.25, 0.3) is 0 Å². The van der Waals surface area contributed by atoms with Crippen LogP contribution < -0.4 is 0 Å². The molecule has 9 heteroatoms. The summed E-state index contributed by atoms with van der Waals surface area (Å²) in [6.45, 7) is 0. The van der Waals surface area contributed by atoms with E-state index in [-0.39, 0.29) is 22.0 Å². The Kier molecular flexibility index (Phi) is 4.99. The zero-order chi connectivity index (χ0) is 17.0. The Morgan fingerprint density at radius 3 is 2.65 bits per heavy atom. The first-order valence-corrected chi connectivity index (χ1v) is 7.19. The highest BCUT2D eigenvalue weighted by Crippen LogP contribution is 2.31. The summed E-state index contributed by atoms with van der Waals surface area (Å²) in [6, 6.07) is 6.85. The number of hydrogen-bond donors (Lipinski definition) is 0. The quantitative estimate of drug-likeness (QED) is 0.356. The second-order valence-corrected chi connectivity index (χ2v) is 5.40. The van der Waals surface area contributed by atoms with Crippen LogP contribution in [0.15, 0.2) is 47.6 Å². The highest BCUT2D eigenvalue weighted by molar-refractivity contribution is 7.99. The van der Waals surface area contributed by atoms with Gasteiger partial charge in [0.25, 0.3) is 5.69 Å². The van der Waals surface area contributed by atoms with Gasteiger partial charge in [0.1, 0.15) is 0 Å². The van der Waals surface area contributed by atoms with E-state index >= 15 is 0 Å². The second-order valence-electron chi connectivity index (χ2n) is 4.40. The number of ketones is 1. The van der Waals surface area contributed by atoms with Crippen molar-refractivity contribution < 1.29 is 22.9 Å². The molecular weight excluding hydrogens is 333 g/mol. The molecule has 0 aliphatic carbocycles. The Morgan fingerprint density at radius 1 is 1.26 bits per heavy atom. The van der Waals surface area contributed by atoms with E-state index in [9.17, 15) is 28.1 Å². The van der Waals surface area contributed by atoms with Gasteiger partial charge in [0.2, 0.25) is 0 Å². The first-order valence-electron chi connectivity index (χ1n) is 6.21. The maximum absolute atomic E-state index is 12.6. The summed E-state index contributed by atoms with van der Waals surface area (Å²) in [5, 5.41) is 10.7. The molecule has 0 aliphatic heterocycles. The van der Waals surface area contributed by atoms with Crippen molar-refractivity contribution in [3.63, 3.8) is 0 Å². The highest BCUT2D eigenvalue weighted by atomic mass is 32.2. The lowest BCUT2D eigenvalue weighted by atomic mass is 10.1. The first-order chi connectivity index (χ1) is 10.8. The molecule has 0 saturated carbocycles. The molecule has 0 amide bonds. The molecule has 1 aromatic carbocycles. The van der Waals surface area contributed by atoms with Gasteiger partial charge in [0.05, 0.1) is 21.3 Å². The van der Waals surface area contributed by atoms with Gasteiger partial charge in [0.15, 0.2) is 5.78 Å². The van der Waals surface area contributed by atoms with Gasteiger partial charge in [-0.05, 0) is 12.1 Å². The fraction of sp³-hybridized carbons (Fsp3) is 0.143. The molecule has 0 fully saturated rings. The number of rotatable bonds is 5. The SMILES string of the molecule is O=C(CSc1cc(C(F)(F)F)ccn1)c1cccc([N+](=O)[O-])c1. The monoisotopic (exact) mass is 342 g/mol. The number of nitro groups is 1. The van der Waals surface area contributed by atoms with Crippen molar-refractivity contribution in [1.29, 1.82) is 0 Å². The van der Waals surface area contributed by atoms with Gasteiger partial charge >= 0.3 is 6.18 Å². The standard InChI is InChI=1S/C14H9F3N2O3S/c15-14(16,17)10-4-5-18-13(7-10)23-8-12(20)9-2-1-3-11(6-9)19(21)22/h1-7H,8H2. The zero-order valence-electron chi connectivity index (χ0n) is 11.4. The minimum atomic E-state index is -4.48. The molecule has 1 heterocycles. The number of nitrogens with zero attached hydrogens (tertiary/aromatic N) is 2. The summed E-state index contributed by atoms with van der Waals surface area (Å²) >= 11 is 0.837. The molecule has 23 heavy (non-hydrogen) atoms. The van der Waals surface area contributed by atoms with Crippen molar-refractivity contribution in [2.24, 2.45) is 0 Å². The molecule has 120 valence electrons. The van der Waals surface area contributed by atoms with Crippen LogP contribution in [0.5, 0.6) is 0 Å². The number of non-ortho nitro benzene ring substituents is 1. The number of nitro benzene ring substituents is 1. The lowest BCUT2D eigenvalue weighted by molar-refractivity contribution is -0.384. The van der Waals surface area contributed by atoms with Crippen LogP contribution in [0.4, 0.5) is 18.9 Å². The Hall–Kier alpha value is -2.42. The number of pyridine rings is 1. The van der Waals surface area contributed by atoms with Crippen molar-refractivity contribution in [3.8, 4) is 0 Å². The van der Waals surface area contributed by atoms with Crippen LogP contribution in [-0.2, 0) is 6.18 Å². The van der Waals surface area contributed by atoms with Crippen molar-refractivity contribution in [3.05, 3.63) is 63.8 Å². The van der Waals surface area contributed by atoms with Gasteiger partial charge < -0.3 is 0 Å². The van der Waals surface area contributed by atoms with Crippen molar-refractivity contribution in [2.75, 3.05) is 5.75 Å². The normalized spacial score (nSPS) is 11.3. The average Bonchev–Trinajstić information content (AvgIpc) is 2.52. The molecule has 0 aliphatic rings. The van der Waals surface area contributed by atoms with Gasteiger partial charge in [-0.25, -0.2) is 4.98 Å². The van der Waals surface area contributed by atoms with Crippen molar-refractivity contribution in [2.45, 2.75) is 11.2 Å². The minimum absolute atomic E-state index is 0.0543. The summed E-state index contributed by atoms with van der Waals surface area (Å²) in [7, 11) is 0. The largest absolute Gasteiger partial charge is 0.416 e. The predicted molar refractivity (Wildman–Crippen MR) is 77.4 cm³/mol.